The van der Waals surface area contributed by atoms with Crippen LogP contribution in [0.15, 0.2) is 18.2 Å². The van der Waals surface area contributed by atoms with Crippen LogP contribution < -0.4 is 10.1 Å². The summed E-state index contributed by atoms with van der Waals surface area (Å²) in [6.45, 7) is -1.67. The summed E-state index contributed by atoms with van der Waals surface area (Å²) in [6.07, 6.45) is -9.66. The molecule has 1 amide bonds. The fourth-order valence-electron chi connectivity index (χ4n) is 4.89. The molecule has 0 unspecified atom stereocenters. The number of nitrogens with one attached hydrogen (secondary N) is 1. The molecular weight excluding hydrogens is 626 g/mol. The number of rotatable bonds is 10. The van der Waals surface area contributed by atoms with E-state index >= 15 is 0 Å². The van der Waals surface area contributed by atoms with Gasteiger partial charge in [0.05, 0.1) is 16.0 Å². The smallest absolute Gasteiger partial charge is 0.400 e. The fourth-order valence-corrected chi connectivity index (χ4v) is 6.34. The van der Waals surface area contributed by atoms with Gasteiger partial charge in [-0.2, -0.15) is 40.2 Å². The Morgan fingerprint density at radius 1 is 1.12 bits per heavy atom. The van der Waals surface area contributed by atoms with Crippen LogP contribution in [0.1, 0.15) is 48.7 Å². The monoisotopic (exact) mass is 653 g/mol. The number of nitrogens with zero attached hydrogens (tertiary/aromatic N) is 2. The number of amides is 1. The molecule has 1 aromatic carbocycles. The van der Waals surface area contributed by atoms with Crippen LogP contribution in [0.2, 0.25) is 5.02 Å². The molecule has 0 radical (unpaired) electrons. The molecule has 7 nitrogen and oxygen atoms in total. The first kappa shape index (κ1) is 33.9. The van der Waals surface area contributed by atoms with E-state index in [9.17, 15) is 48.3 Å². The first-order valence-corrected chi connectivity index (χ1v) is 15.1. The van der Waals surface area contributed by atoms with E-state index in [4.69, 9.17) is 11.6 Å². The maximum atomic E-state index is 13.2. The Kier molecular flexibility index (Phi) is 10.4. The SMILES string of the molecule is CCn1nc(C(=O)NC[C@H]2CC[C@H](S(C)(=O)=O)CC2)c(Cl)c1-c1ccc(CC(C(F)(F)F)C(F)(F)F)cc1OC(F)F. The third-order valence-electron chi connectivity index (χ3n) is 7.11. The molecule has 17 heteroatoms. The second-order valence-corrected chi connectivity index (χ2v) is 12.8. The number of aryl methyl sites for hydroxylation is 1. The van der Waals surface area contributed by atoms with Crippen LogP contribution in [0.25, 0.3) is 11.3 Å². The minimum absolute atomic E-state index is 0.00531. The van der Waals surface area contributed by atoms with E-state index < -0.39 is 63.6 Å². The molecule has 3 rings (SSSR count). The predicted molar refractivity (Wildman–Crippen MR) is 137 cm³/mol. The third kappa shape index (κ3) is 8.26. The number of hydrogen-bond donors (Lipinski definition) is 1. The highest BCUT2D eigenvalue weighted by molar-refractivity contribution is 7.91. The van der Waals surface area contributed by atoms with E-state index in [-0.39, 0.29) is 41.0 Å². The number of aromatic nitrogens is 2. The van der Waals surface area contributed by atoms with E-state index in [0.717, 1.165) is 16.8 Å². The Hall–Kier alpha value is -2.62. The van der Waals surface area contributed by atoms with Gasteiger partial charge in [-0.05, 0) is 62.6 Å². The second kappa shape index (κ2) is 12.9. The number of sulfone groups is 1. The Balaban J connectivity index is 1.88. The van der Waals surface area contributed by atoms with Gasteiger partial charge in [0.2, 0.25) is 0 Å². The van der Waals surface area contributed by atoms with Gasteiger partial charge in [0.1, 0.15) is 15.6 Å². The van der Waals surface area contributed by atoms with Crippen molar-refractivity contribution in [2.45, 2.75) is 69.8 Å². The predicted octanol–water partition coefficient (Wildman–Crippen LogP) is 6.44. The quantitative estimate of drug-likeness (QED) is 0.298. The molecule has 0 aliphatic heterocycles. The molecule has 2 aromatic rings. The number of alkyl halides is 8. The topological polar surface area (TPSA) is 90.3 Å². The fraction of sp³-hybridized carbons (Fsp3) is 0.600. The molecular formula is C25H28ClF8N3O4S. The van der Waals surface area contributed by atoms with Crippen LogP contribution >= 0.6 is 11.6 Å². The molecule has 1 aliphatic rings. The summed E-state index contributed by atoms with van der Waals surface area (Å²) in [7, 11) is -3.17. The van der Waals surface area contributed by atoms with Crippen molar-refractivity contribution in [1.29, 1.82) is 0 Å². The Labute approximate surface area is 241 Å². The molecule has 1 heterocycles. The van der Waals surface area contributed by atoms with Gasteiger partial charge >= 0.3 is 19.0 Å². The highest BCUT2D eigenvalue weighted by Gasteiger charge is 2.56. The molecule has 0 spiro atoms. The van der Waals surface area contributed by atoms with Gasteiger partial charge in [0.15, 0.2) is 11.6 Å². The first-order chi connectivity index (χ1) is 19.3. The Morgan fingerprint density at radius 2 is 1.71 bits per heavy atom. The van der Waals surface area contributed by atoms with Crippen molar-refractivity contribution < 1.29 is 53.1 Å². The highest BCUT2D eigenvalue weighted by atomic mass is 35.5. The summed E-state index contributed by atoms with van der Waals surface area (Å²) >= 11 is 6.43. The molecule has 1 saturated carbocycles. The van der Waals surface area contributed by atoms with Crippen molar-refractivity contribution in [2.75, 3.05) is 12.8 Å². The summed E-state index contributed by atoms with van der Waals surface area (Å²) in [5.74, 6) is -5.22. The van der Waals surface area contributed by atoms with Gasteiger partial charge in [0.25, 0.3) is 5.91 Å². The van der Waals surface area contributed by atoms with Gasteiger partial charge in [-0.25, -0.2) is 8.42 Å². The molecule has 0 bridgehead atoms. The zero-order chi connectivity index (χ0) is 31.6. The molecule has 0 atom stereocenters. The van der Waals surface area contributed by atoms with Gasteiger partial charge in [-0.1, -0.05) is 17.7 Å². The lowest BCUT2D eigenvalue weighted by atomic mass is 9.89. The number of hydrogen-bond acceptors (Lipinski definition) is 5. The number of benzene rings is 1. The van der Waals surface area contributed by atoms with Crippen LogP contribution in [0.5, 0.6) is 5.75 Å². The van der Waals surface area contributed by atoms with E-state index in [2.05, 4.69) is 15.2 Å². The van der Waals surface area contributed by atoms with Crippen molar-refractivity contribution in [1.82, 2.24) is 15.1 Å². The van der Waals surface area contributed by atoms with Crippen LogP contribution in [0.4, 0.5) is 35.1 Å². The average Bonchev–Trinajstić information content (AvgIpc) is 3.20. The van der Waals surface area contributed by atoms with Crippen molar-refractivity contribution in [3.63, 3.8) is 0 Å². The first-order valence-electron chi connectivity index (χ1n) is 12.8. The lowest BCUT2D eigenvalue weighted by Gasteiger charge is -2.27. The molecule has 0 saturated heterocycles. The standard InChI is InChI=1S/C25H28ClF8N3O4S/c1-3-37-21(19(26)20(36-37)22(38)35-12-13-4-7-15(8-5-13)42(2,39)40)16-9-6-14(10-17(16)41-23(27)28)11-18(24(29,30)31)25(32,33)34/h6,9-10,13,15,18,23H,3-5,7-8,11-12H2,1-2H3,(H,35,38)/t13-,15-. The summed E-state index contributed by atoms with van der Waals surface area (Å²) < 4.78 is 134. The lowest BCUT2D eigenvalue weighted by molar-refractivity contribution is -0.283. The van der Waals surface area contributed by atoms with Crippen molar-refractivity contribution in [3.8, 4) is 17.0 Å². The molecule has 1 fully saturated rings. The van der Waals surface area contributed by atoms with Crippen LogP contribution in [-0.2, 0) is 22.8 Å². The molecule has 1 N–H and O–H groups in total. The summed E-state index contributed by atoms with van der Waals surface area (Å²) in [4.78, 5) is 12.9. The van der Waals surface area contributed by atoms with E-state index in [0.29, 0.717) is 31.7 Å². The minimum atomic E-state index is -5.64. The van der Waals surface area contributed by atoms with E-state index in [1.54, 1.807) is 6.92 Å². The van der Waals surface area contributed by atoms with Gasteiger partial charge < -0.3 is 10.1 Å². The summed E-state index contributed by atoms with van der Waals surface area (Å²) in [5, 5.41) is 6.05. The van der Waals surface area contributed by atoms with Crippen molar-refractivity contribution in [3.05, 3.63) is 34.5 Å². The zero-order valence-corrected chi connectivity index (χ0v) is 23.9. The summed E-state index contributed by atoms with van der Waals surface area (Å²) in [6, 6.07) is 2.52. The molecule has 1 aromatic heterocycles. The number of halogens is 9. The van der Waals surface area contributed by atoms with E-state index in [1.807, 2.05) is 0 Å². The van der Waals surface area contributed by atoms with Crippen molar-refractivity contribution >= 4 is 27.3 Å². The number of ether oxygens (including phenoxy) is 1. The second-order valence-electron chi connectivity index (χ2n) is 10.1. The molecule has 1 aliphatic carbocycles. The van der Waals surface area contributed by atoms with Crippen LogP contribution in [-0.4, -0.2) is 61.1 Å². The van der Waals surface area contributed by atoms with Gasteiger partial charge in [-0.3, -0.25) is 9.48 Å². The minimum Gasteiger partial charge on any atom is -0.434 e. The maximum Gasteiger partial charge on any atom is 0.400 e. The maximum absolute atomic E-state index is 13.2. The Morgan fingerprint density at radius 3 is 2.21 bits per heavy atom. The molecule has 236 valence electrons. The van der Waals surface area contributed by atoms with Crippen LogP contribution in [0, 0.1) is 11.8 Å². The van der Waals surface area contributed by atoms with Crippen molar-refractivity contribution in [2.24, 2.45) is 11.8 Å². The number of carbonyl (C=O) groups is 1. The summed E-state index contributed by atoms with van der Waals surface area (Å²) in [5.41, 5.74) is -1.20. The van der Waals surface area contributed by atoms with Crippen LogP contribution in [0.3, 0.4) is 0 Å². The molecule has 42 heavy (non-hydrogen) atoms. The van der Waals surface area contributed by atoms with Gasteiger partial charge in [-0.15, -0.1) is 0 Å². The largest absolute Gasteiger partial charge is 0.434 e. The Bertz CT molecular complexity index is 1360. The number of carbonyl (C=O) groups excluding carboxylic acids is 1. The van der Waals surface area contributed by atoms with Gasteiger partial charge in [0, 0.05) is 24.9 Å². The third-order valence-corrected chi connectivity index (χ3v) is 9.15. The van der Waals surface area contributed by atoms with E-state index in [1.165, 1.54) is 6.26 Å². The highest BCUT2D eigenvalue weighted by Crippen LogP contribution is 2.43. The average molecular weight is 654 g/mol. The normalized spacial score (nSPS) is 18.5. The zero-order valence-electron chi connectivity index (χ0n) is 22.3. The lowest BCUT2D eigenvalue weighted by Crippen LogP contribution is -2.38.